The third-order valence-electron chi connectivity index (χ3n) is 4.66. The van der Waals surface area contributed by atoms with Crippen LogP contribution in [0.15, 0.2) is 30.3 Å². The van der Waals surface area contributed by atoms with Crippen molar-refractivity contribution in [2.75, 3.05) is 13.7 Å². The van der Waals surface area contributed by atoms with E-state index in [1.54, 1.807) is 30.0 Å². The minimum atomic E-state index is -0.366. The summed E-state index contributed by atoms with van der Waals surface area (Å²) in [4.78, 5) is 26.3. The summed E-state index contributed by atoms with van der Waals surface area (Å²) in [5, 5.41) is 0. The van der Waals surface area contributed by atoms with Crippen LogP contribution < -0.4 is 0 Å². The van der Waals surface area contributed by atoms with E-state index in [4.69, 9.17) is 4.74 Å². The van der Waals surface area contributed by atoms with Crippen molar-refractivity contribution in [2.24, 2.45) is 5.92 Å². The number of rotatable bonds is 6. The summed E-state index contributed by atoms with van der Waals surface area (Å²) in [6, 6.07) is 6.14. The number of hydrogen-bond donors (Lipinski definition) is 0. The van der Waals surface area contributed by atoms with Crippen molar-refractivity contribution in [3.63, 3.8) is 0 Å². The predicted octanol–water partition coefficient (Wildman–Crippen LogP) is 3.81. The number of carbonyl (C=O) groups excluding carboxylic acids is 2. The third kappa shape index (κ3) is 5.69. The van der Waals surface area contributed by atoms with Gasteiger partial charge in [-0.1, -0.05) is 38.3 Å². The van der Waals surface area contributed by atoms with Crippen molar-refractivity contribution in [1.82, 2.24) is 4.90 Å². The van der Waals surface area contributed by atoms with Gasteiger partial charge in [-0.3, -0.25) is 9.59 Å². The summed E-state index contributed by atoms with van der Waals surface area (Å²) in [7, 11) is 1.36. The minimum Gasteiger partial charge on any atom is -0.469 e. The Hall–Kier alpha value is -2.17. The molecule has 2 rings (SSSR count). The van der Waals surface area contributed by atoms with Crippen molar-refractivity contribution in [3.05, 3.63) is 41.7 Å². The molecule has 1 amide bonds. The maximum Gasteiger partial charge on any atom is 0.310 e. The Kier molecular flexibility index (Phi) is 7.16. The van der Waals surface area contributed by atoms with Crippen molar-refractivity contribution in [2.45, 2.75) is 45.1 Å². The lowest BCUT2D eigenvalue weighted by molar-refractivity contribution is -0.146. The molecule has 4 nitrogen and oxygen atoms in total. The molecule has 1 unspecified atom stereocenters. The van der Waals surface area contributed by atoms with Crippen LogP contribution in [-0.4, -0.2) is 36.5 Å². The second kappa shape index (κ2) is 9.35. The van der Waals surface area contributed by atoms with Crippen molar-refractivity contribution in [1.29, 1.82) is 0 Å². The average Bonchev–Trinajstić information content (AvgIpc) is 2.65. The molecule has 1 aliphatic rings. The molecule has 1 atom stereocenters. The van der Waals surface area contributed by atoms with E-state index in [0.717, 1.165) is 31.2 Å². The van der Waals surface area contributed by atoms with E-state index in [1.807, 2.05) is 0 Å². The second-order valence-electron chi connectivity index (χ2n) is 6.59. The largest absolute Gasteiger partial charge is 0.469 e. The Labute approximate surface area is 148 Å². The summed E-state index contributed by atoms with van der Waals surface area (Å²) in [5.41, 5.74) is 0.763. The van der Waals surface area contributed by atoms with Gasteiger partial charge in [-0.15, -0.1) is 0 Å². The SMILES string of the molecule is COC(=O)C(C)CN(C(=O)/C=C/c1ccc(F)cc1)C1CCCCC1. The zero-order valence-electron chi connectivity index (χ0n) is 14.9. The van der Waals surface area contributed by atoms with Gasteiger partial charge < -0.3 is 9.64 Å². The molecule has 5 heteroatoms. The summed E-state index contributed by atoms with van der Waals surface area (Å²) in [6.07, 6.45) is 8.50. The molecular formula is C20H26FNO3. The highest BCUT2D eigenvalue weighted by Crippen LogP contribution is 2.24. The Morgan fingerprint density at radius 1 is 1.24 bits per heavy atom. The Balaban J connectivity index is 2.10. The molecule has 0 radical (unpaired) electrons. The standard InChI is InChI=1S/C20H26FNO3/c1-15(20(24)25-2)14-22(18-6-4-3-5-7-18)19(23)13-10-16-8-11-17(21)12-9-16/h8-13,15,18H,3-7,14H2,1-2H3/b13-10+. The number of halogens is 1. The van der Waals surface area contributed by atoms with Gasteiger partial charge in [0.2, 0.25) is 5.91 Å². The highest BCUT2D eigenvalue weighted by molar-refractivity contribution is 5.92. The first-order valence-corrected chi connectivity index (χ1v) is 8.83. The molecule has 0 bridgehead atoms. The molecule has 25 heavy (non-hydrogen) atoms. The maximum absolute atomic E-state index is 13.0. The number of methoxy groups -OCH3 is 1. The molecule has 136 valence electrons. The van der Waals surface area contributed by atoms with E-state index < -0.39 is 0 Å². The summed E-state index contributed by atoms with van der Waals surface area (Å²) in [6.45, 7) is 2.13. The fourth-order valence-corrected chi connectivity index (χ4v) is 3.22. The monoisotopic (exact) mass is 347 g/mol. The molecule has 0 saturated heterocycles. The quantitative estimate of drug-likeness (QED) is 0.581. The molecule has 0 N–H and O–H groups in total. The third-order valence-corrected chi connectivity index (χ3v) is 4.66. The predicted molar refractivity (Wildman–Crippen MR) is 95.2 cm³/mol. The van der Waals surface area contributed by atoms with Gasteiger partial charge in [0.1, 0.15) is 5.82 Å². The molecule has 1 fully saturated rings. The number of nitrogens with zero attached hydrogens (tertiary/aromatic N) is 1. The first kappa shape index (κ1) is 19.2. The molecule has 0 spiro atoms. The van der Waals surface area contributed by atoms with Gasteiger partial charge in [0.25, 0.3) is 0 Å². The molecule has 0 aromatic heterocycles. The van der Waals surface area contributed by atoms with E-state index >= 15 is 0 Å². The molecule has 0 aliphatic heterocycles. The van der Waals surface area contributed by atoms with Crippen LogP contribution in [0.5, 0.6) is 0 Å². The Morgan fingerprint density at radius 3 is 2.48 bits per heavy atom. The number of amides is 1. The van der Waals surface area contributed by atoms with Crippen LogP contribution in [0.2, 0.25) is 0 Å². The van der Waals surface area contributed by atoms with Crippen LogP contribution in [0, 0.1) is 11.7 Å². The van der Waals surface area contributed by atoms with Gasteiger partial charge in [-0.2, -0.15) is 0 Å². The molecule has 1 saturated carbocycles. The van der Waals surface area contributed by atoms with Crippen molar-refractivity contribution >= 4 is 18.0 Å². The molecule has 1 aromatic rings. The van der Waals surface area contributed by atoms with Gasteiger partial charge >= 0.3 is 5.97 Å². The Bertz CT molecular complexity index is 606. The van der Waals surface area contributed by atoms with E-state index in [-0.39, 0.29) is 29.7 Å². The first-order valence-electron chi connectivity index (χ1n) is 8.83. The molecule has 0 heterocycles. The highest BCUT2D eigenvalue weighted by Gasteiger charge is 2.27. The Morgan fingerprint density at radius 2 is 1.88 bits per heavy atom. The minimum absolute atomic E-state index is 0.119. The van der Waals surface area contributed by atoms with Crippen LogP contribution >= 0.6 is 0 Å². The normalized spacial score (nSPS) is 16.6. The number of benzene rings is 1. The van der Waals surface area contributed by atoms with Crippen molar-refractivity contribution < 1.29 is 18.7 Å². The van der Waals surface area contributed by atoms with Crippen LogP contribution in [0.3, 0.4) is 0 Å². The van der Waals surface area contributed by atoms with Gasteiger partial charge in [-0.25, -0.2) is 4.39 Å². The molecule has 1 aromatic carbocycles. The van der Waals surface area contributed by atoms with Gasteiger partial charge in [-0.05, 0) is 36.6 Å². The number of ether oxygens (including phenoxy) is 1. The lowest BCUT2D eigenvalue weighted by Gasteiger charge is -2.35. The zero-order valence-corrected chi connectivity index (χ0v) is 14.9. The molecular weight excluding hydrogens is 321 g/mol. The van der Waals surface area contributed by atoms with Crippen LogP contribution in [0.4, 0.5) is 4.39 Å². The van der Waals surface area contributed by atoms with E-state index in [9.17, 15) is 14.0 Å². The number of hydrogen-bond acceptors (Lipinski definition) is 3. The lowest BCUT2D eigenvalue weighted by Crippen LogP contribution is -2.44. The summed E-state index contributed by atoms with van der Waals surface area (Å²) < 4.78 is 17.8. The maximum atomic E-state index is 13.0. The van der Waals surface area contributed by atoms with E-state index in [2.05, 4.69) is 0 Å². The van der Waals surface area contributed by atoms with Crippen molar-refractivity contribution in [3.8, 4) is 0 Å². The van der Waals surface area contributed by atoms with Crippen LogP contribution in [0.1, 0.15) is 44.6 Å². The van der Waals surface area contributed by atoms with Gasteiger partial charge in [0.15, 0.2) is 0 Å². The fourth-order valence-electron chi connectivity index (χ4n) is 3.22. The smallest absolute Gasteiger partial charge is 0.310 e. The van der Waals surface area contributed by atoms with Crippen LogP contribution in [0.25, 0.3) is 6.08 Å². The zero-order chi connectivity index (χ0) is 18.2. The molecule has 1 aliphatic carbocycles. The van der Waals surface area contributed by atoms with E-state index in [0.29, 0.717) is 6.54 Å². The van der Waals surface area contributed by atoms with E-state index in [1.165, 1.54) is 31.7 Å². The lowest BCUT2D eigenvalue weighted by atomic mass is 9.93. The summed E-state index contributed by atoms with van der Waals surface area (Å²) in [5.74, 6) is -1.10. The average molecular weight is 347 g/mol. The number of carbonyl (C=O) groups is 2. The highest BCUT2D eigenvalue weighted by atomic mass is 19.1. The van der Waals surface area contributed by atoms with Crippen LogP contribution in [-0.2, 0) is 14.3 Å². The topological polar surface area (TPSA) is 46.6 Å². The fraction of sp³-hybridized carbons (Fsp3) is 0.500. The number of esters is 1. The van der Waals surface area contributed by atoms with Gasteiger partial charge in [0.05, 0.1) is 13.0 Å². The second-order valence-corrected chi connectivity index (χ2v) is 6.59. The first-order chi connectivity index (χ1) is 12.0. The van der Waals surface area contributed by atoms with Gasteiger partial charge in [0, 0.05) is 18.7 Å². The summed E-state index contributed by atoms with van der Waals surface area (Å²) >= 11 is 0.